The summed E-state index contributed by atoms with van der Waals surface area (Å²) in [5.41, 5.74) is 1.50. The molecule has 0 aromatic rings. The first-order valence-corrected chi connectivity index (χ1v) is 3.15. The maximum Gasteiger partial charge on any atom is 0.263 e. The minimum absolute atomic E-state index is 0.498. The summed E-state index contributed by atoms with van der Waals surface area (Å²) in [6, 6.07) is -0.565. The molecule has 1 rings (SSSR count). The van der Waals surface area contributed by atoms with Gasteiger partial charge in [-0.05, 0) is 12.8 Å². The number of carbonyl (C=O) groups excluding carboxylic acids is 1. The monoisotopic (exact) mass is 146 g/mol. The van der Waals surface area contributed by atoms with Crippen LogP contribution in [0.4, 0.5) is 0 Å². The molecule has 0 aromatic carbocycles. The fourth-order valence-corrected chi connectivity index (χ4v) is 1.09. The van der Waals surface area contributed by atoms with Crippen molar-refractivity contribution in [3.63, 3.8) is 0 Å². The minimum atomic E-state index is -0.565. The number of nitrogens with one attached hydrogen (secondary N) is 1. The predicted octanol–water partition coefficient (Wildman–Crippen LogP) is -0.655. The Labute approximate surface area is 58.2 Å². The molecule has 1 aliphatic heterocycles. The van der Waals surface area contributed by atoms with Crippen molar-refractivity contribution >= 4 is 5.91 Å². The van der Waals surface area contributed by atoms with Crippen LogP contribution < -0.4 is 5.48 Å². The maximum absolute atomic E-state index is 10.7. The molecule has 1 heterocycles. The van der Waals surface area contributed by atoms with E-state index in [1.54, 1.807) is 0 Å². The van der Waals surface area contributed by atoms with Gasteiger partial charge >= 0.3 is 0 Å². The summed E-state index contributed by atoms with van der Waals surface area (Å²) >= 11 is 0. The number of hydrogen-bond acceptors (Lipinski definition) is 4. The van der Waals surface area contributed by atoms with Crippen molar-refractivity contribution in [1.82, 2.24) is 10.5 Å². The number of amides is 1. The highest BCUT2D eigenvalue weighted by Gasteiger charge is 2.28. The zero-order valence-corrected chi connectivity index (χ0v) is 5.45. The SMILES string of the molecule is O=C(NO)C1CCCN1O. The first kappa shape index (κ1) is 7.46. The smallest absolute Gasteiger partial charge is 0.263 e. The van der Waals surface area contributed by atoms with Gasteiger partial charge in [-0.1, -0.05) is 0 Å². The molecule has 1 unspecified atom stereocenters. The average molecular weight is 146 g/mol. The van der Waals surface area contributed by atoms with Gasteiger partial charge in [-0.3, -0.25) is 10.0 Å². The van der Waals surface area contributed by atoms with E-state index in [1.807, 2.05) is 0 Å². The highest BCUT2D eigenvalue weighted by molar-refractivity contribution is 5.80. The Morgan fingerprint density at radius 1 is 1.70 bits per heavy atom. The van der Waals surface area contributed by atoms with E-state index in [2.05, 4.69) is 0 Å². The van der Waals surface area contributed by atoms with Crippen LogP contribution >= 0.6 is 0 Å². The van der Waals surface area contributed by atoms with Crippen LogP contribution in [0.3, 0.4) is 0 Å². The molecule has 3 N–H and O–H groups in total. The Morgan fingerprint density at radius 2 is 2.40 bits per heavy atom. The lowest BCUT2D eigenvalue weighted by molar-refractivity contribution is -0.152. The molecule has 0 saturated carbocycles. The maximum atomic E-state index is 10.7. The Hall–Kier alpha value is -0.650. The molecule has 0 radical (unpaired) electrons. The van der Waals surface area contributed by atoms with Crippen LogP contribution in [0.25, 0.3) is 0 Å². The van der Waals surface area contributed by atoms with E-state index in [0.717, 1.165) is 11.5 Å². The zero-order chi connectivity index (χ0) is 7.56. The van der Waals surface area contributed by atoms with Crippen LogP contribution in [0.15, 0.2) is 0 Å². The van der Waals surface area contributed by atoms with Crippen LogP contribution in [-0.4, -0.2) is 34.0 Å². The summed E-state index contributed by atoms with van der Waals surface area (Å²) in [5, 5.41) is 18.1. The normalized spacial score (nSPS) is 26.8. The van der Waals surface area contributed by atoms with E-state index in [0.29, 0.717) is 13.0 Å². The summed E-state index contributed by atoms with van der Waals surface area (Å²) in [6.07, 6.45) is 1.39. The van der Waals surface area contributed by atoms with Gasteiger partial charge in [0, 0.05) is 6.54 Å². The second-order valence-corrected chi connectivity index (χ2v) is 2.30. The van der Waals surface area contributed by atoms with Crippen molar-refractivity contribution in [1.29, 1.82) is 0 Å². The quantitative estimate of drug-likeness (QED) is 0.339. The molecule has 1 aliphatic rings. The average Bonchev–Trinajstić information content (AvgIpc) is 2.34. The van der Waals surface area contributed by atoms with Gasteiger partial charge in [0.1, 0.15) is 6.04 Å². The molecule has 0 aromatic heterocycles. The number of carbonyl (C=O) groups is 1. The second kappa shape index (κ2) is 2.96. The molecule has 0 bridgehead atoms. The summed E-state index contributed by atoms with van der Waals surface area (Å²) in [6.45, 7) is 0.498. The first-order chi connectivity index (χ1) is 4.75. The summed E-state index contributed by atoms with van der Waals surface area (Å²) in [4.78, 5) is 10.7. The van der Waals surface area contributed by atoms with E-state index in [9.17, 15) is 4.79 Å². The molecule has 58 valence electrons. The fraction of sp³-hybridized carbons (Fsp3) is 0.800. The molecule has 1 saturated heterocycles. The van der Waals surface area contributed by atoms with Gasteiger partial charge in [0.25, 0.3) is 5.91 Å². The molecule has 0 aliphatic carbocycles. The van der Waals surface area contributed by atoms with Crippen LogP contribution in [0.5, 0.6) is 0 Å². The van der Waals surface area contributed by atoms with E-state index in [4.69, 9.17) is 10.4 Å². The van der Waals surface area contributed by atoms with Crippen molar-refractivity contribution in [3.05, 3.63) is 0 Å². The number of nitrogens with zero attached hydrogens (tertiary/aromatic N) is 1. The zero-order valence-electron chi connectivity index (χ0n) is 5.45. The van der Waals surface area contributed by atoms with Crippen LogP contribution in [0, 0.1) is 0 Å². The molecule has 1 atom stereocenters. The Balaban J connectivity index is 2.46. The molecule has 0 spiro atoms. The highest BCUT2D eigenvalue weighted by atomic mass is 16.5. The highest BCUT2D eigenvalue weighted by Crippen LogP contribution is 2.13. The van der Waals surface area contributed by atoms with Crippen molar-refractivity contribution in [2.75, 3.05) is 6.54 Å². The third kappa shape index (κ3) is 1.26. The lowest BCUT2D eigenvalue weighted by atomic mass is 10.2. The Kier molecular flexibility index (Phi) is 2.21. The van der Waals surface area contributed by atoms with Crippen LogP contribution in [0.1, 0.15) is 12.8 Å². The molecule has 5 nitrogen and oxygen atoms in total. The number of rotatable bonds is 1. The first-order valence-electron chi connectivity index (χ1n) is 3.15. The standard InChI is InChI=1S/C5H10N2O3/c8-5(6-9)4-2-1-3-7(4)10/h4,9-10H,1-3H2,(H,6,8). The van der Waals surface area contributed by atoms with Gasteiger partial charge in [0.2, 0.25) is 0 Å². The number of hydrogen-bond donors (Lipinski definition) is 3. The van der Waals surface area contributed by atoms with Crippen LogP contribution in [-0.2, 0) is 4.79 Å². The molecule has 1 fully saturated rings. The topological polar surface area (TPSA) is 72.8 Å². The lowest BCUT2D eigenvalue weighted by Crippen LogP contribution is -2.40. The van der Waals surface area contributed by atoms with Gasteiger partial charge in [-0.2, -0.15) is 5.06 Å². The van der Waals surface area contributed by atoms with Crippen molar-refractivity contribution in [3.8, 4) is 0 Å². The lowest BCUT2D eigenvalue weighted by Gasteiger charge is -2.13. The Bertz CT molecular complexity index is 139. The summed E-state index contributed by atoms with van der Waals surface area (Å²) < 4.78 is 0. The number of hydroxylamine groups is 3. The van der Waals surface area contributed by atoms with Gasteiger partial charge < -0.3 is 5.21 Å². The largest absolute Gasteiger partial charge is 0.313 e. The van der Waals surface area contributed by atoms with Crippen molar-refractivity contribution < 1.29 is 15.2 Å². The molecular weight excluding hydrogens is 136 g/mol. The van der Waals surface area contributed by atoms with Crippen LogP contribution in [0.2, 0.25) is 0 Å². The predicted molar refractivity (Wildman–Crippen MR) is 31.4 cm³/mol. The van der Waals surface area contributed by atoms with E-state index in [1.165, 1.54) is 5.48 Å². The molecule has 1 amide bonds. The fourth-order valence-electron chi connectivity index (χ4n) is 1.09. The second-order valence-electron chi connectivity index (χ2n) is 2.30. The van der Waals surface area contributed by atoms with E-state index >= 15 is 0 Å². The summed E-state index contributed by atoms with van der Waals surface area (Å²) in [5.74, 6) is -0.542. The van der Waals surface area contributed by atoms with Gasteiger partial charge in [-0.25, -0.2) is 5.48 Å². The minimum Gasteiger partial charge on any atom is -0.313 e. The van der Waals surface area contributed by atoms with Gasteiger partial charge in [0.15, 0.2) is 0 Å². The van der Waals surface area contributed by atoms with Gasteiger partial charge in [0.05, 0.1) is 0 Å². The van der Waals surface area contributed by atoms with E-state index < -0.39 is 11.9 Å². The summed E-state index contributed by atoms with van der Waals surface area (Å²) in [7, 11) is 0. The van der Waals surface area contributed by atoms with Crippen molar-refractivity contribution in [2.45, 2.75) is 18.9 Å². The Morgan fingerprint density at radius 3 is 2.80 bits per heavy atom. The molecular formula is C5H10N2O3. The molecule has 10 heavy (non-hydrogen) atoms. The third-order valence-corrected chi connectivity index (χ3v) is 1.64. The van der Waals surface area contributed by atoms with Crippen molar-refractivity contribution in [2.24, 2.45) is 0 Å². The third-order valence-electron chi connectivity index (χ3n) is 1.64. The van der Waals surface area contributed by atoms with E-state index in [-0.39, 0.29) is 0 Å². The molecule has 5 heteroatoms. The van der Waals surface area contributed by atoms with Gasteiger partial charge in [-0.15, -0.1) is 0 Å².